The lowest BCUT2D eigenvalue weighted by Crippen LogP contribution is -2.52. The normalized spacial score (nSPS) is 31.9. The van der Waals surface area contributed by atoms with Gasteiger partial charge in [0.05, 0.1) is 0 Å². The van der Waals surface area contributed by atoms with Crippen LogP contribution in [0.15, 0.2) is 0 Å². The van der Waals surface area contributed by atoms with Gasteiger partial charge in [-0.25, -0.2) is 10.0 Å². The summed E-state index contributed by atoms with van der Waals surface area (Å²) in [5, 5.41) is 5.32. The third kappa shape index (κ3) is 2.29. The molecular weight excluding hydrogens is 172 g/mol. The molecule has 0 aliphatic carbocycles. The molecule has 0 bridgehead atoms. The lowest BCUT2D eigenvalue weighted by atomic mass is 10.0. The Labute approximate surface area is 88.2 Å². The Kier molecular flexibility index (Phi) is 3.82. The molecule has 2 rings (SSSR count). The van der Waals surface area contributed by atoms with Crippen LogP contribution >= 0.6 is 0 Å². The molecule has 0 radical (unpaired) electrons. The highest BCUT2D eigenvalue weighted by Gasteiger charge is 2.26. The molecule has 2 nitrogen and oxygen atoms in total. The van der Waals surface area contributed by atoms with Crippen molar-refractivity contribution in [3.05, 3.63) is 0 Å². The zero-order chi connectivity index (χ0) is 9.80. The number of rotatable bonds is 2. The van der Waals surface area contributed by atoms with E-state index in [1.54, 1.807) is 0 Å². The molecule has 0 aromatic rings. The smallest absolute Gasteiger partial charge is 0.0243 e. The van der Waals surface area contributed by atoms with Crippen LogP contribution in [0.1, 0.15) is 51.9 Å². The van der Waals surface area contributed by atoms with Crippen molar-refractivity contribution in [2.75, 3.05) is 19.6 Å². The predicted molar refractivity (Wildman–Crippen MR) is 60.1 cm³/mol. The minimum atomic E-state index is 0.849. The minimum Gasteiger partial charge on any atom is -0.242 e. The third-order valence-electron chi connectivity index (χ3n) is 3.76. The van der Waals surface area contributed by atoms with E-state index in [1.165, 1.54) is 64.6 Å². The van der Waals surface area contributed by atoms with E-state index in [0.717, 1.165) is 6.04 Å². The van der Waals surface area contributed by atoms with Gasteiger partial charge < -0.3 is 0 Å². The van der Waals surface area contributed by atoms with E-state index in [2.05, 4.69) is 16.9 Å². The summed E-state index contributed by atoms with van der Waals surface area (Å²) in [5.41, 5.74) is 0. The summed E-state index contributed by atoms with van der Waals surface area (Å²) in [4.78, 5) is 0. The van der Waals surface area contributed by atoms with Crippen LogP contribution in [0.3, 0.4) is 0 Å². The average molecular weight is 196 g/mol. The van der Waals surface area contributed by atoms with Crippen molar-refractivity contribution >= 4 is 0 Å². The third-order valence-corrected chi connectivity index (χ3v) is 3.76. The summed E-state index contributed by atoms with van der Waals surface area (Å²) < 4.78 is 0. The fourth-order valence-corrected chi connectivity index (χ4v) is 2.91. The summed E-state index contributed by atoms with van der Waals surface area (Å²) in [6, 6.07) is 0.849. The summed E-state index contributed by atoms with van der Waals surface area (Å²) >= 11 is 0. The minimum absolute atomic E-state index is 0.849. The van der Waals surface area contributed by atoms with E-state index in [0.29, 0.717) is 0 Å². The van der Waals surface area contributed by atoms with Gasteiger partial charge in [0.15, 0.2) is 0 Å². The molecule has 2 heterocycles. The highest BCUT2D eigenvalue weighted by atomic mass is 15.6. The lowest BCUT2D eigenvalue weighted by molar-refractivity contribution is -0.0893. The fourth-order valence-electron chi connectivity index (χ4n) is 2.91. The van der Waals surface area contributed by atoms with Crippen molar-refractivity contribution < 1.29 is 0 Å². The molecule has 0 aromatic heterocycles. The Morgan fingerprint density at radius 2 is 1.64 bits per heavy atom. The van der Waals surface area contributed by atoms with E-state index in [-0.39, 0.29) is 0 Å². The molecule has 2 aliphatic rings. The highest BCUT2D eigenvalue weighted by molar-refractivity contribution is 4.76. The van der Waals surface area contributed by atoms with Crippen molar-refractivity contribution in [2.45, 2.75) is 57.9 Å². The molecule has 2 fully saturated rings. The van der Waals surface area contributed by atoms with Gasteiger partial charge in [0, 0.05) is 25.7 Å². The number of hydrogen-bond acceptors (Lipinski definition) is 2. The summed E-state index contributed by atoms with van der Waals surface area (Å²) in [6.07, 6.45) is 9.88. The molecule has 0 spiro atoms. The van der Waals surface area contributed by atoms with Gasteiger partial charge in [-0.05, 0) is 32.1 Å². The van der Waals surface area contributed by atoms with E-state index < -0.39 is 0 Å². The van der Waals surface area contributed by atoms with Gasteiger partial charge in [0.25, 0.3) is 0 Å². The SMILES string of the molecule is CCC1CCCCN1N1CCCCC1. The van der Waals surface area contributed by atoms with Crippen molar-refractivity contribution in [3.63, 3.8) is 0 Å². The van der Waals surface area contributed by atoms with E-state index in [1.807, 2.05) is 0 Å². The molecule has 0 N–H and O–H groups in total. The van der Waals surface area contributed by atoms with Gasteiger partial charge in [-0.1, -0.05) is 19.8 Å². The molecule has 0 aromatic carbocycles. The summed E-state index contributed by atoms with van der Waals surface area (Å²) in [6.45, 7) is 6.29. The molecule has 1 atom stereocenters. The first kappa shape index (κ1) is 10.4. The van der Waals surface area contributed by atoms with Crippen LogP contribution in [0.4, 0.5) is 0 Å². The largest absolute Gasteiger partial charge is 0.242 e. The molecule has 0 saturated carbocycles. The van der Waals surface area contributed by atoms with Crippen LogP contribution in [0.2, 0.25) is 0 Å². The first-order valence-corrected chi connectivity index (χ1v) is 6.43. The van der Waals surface area contributed by atoms with Gasteiger partial charge in [-0.15, -0.1) is 0 Å². The van der Waals surface area contributed by atoms with Crippen molar-refractivity contribution in [2.24, 2.45) is 0 Å². The number of piperidine rings is 2. The molecule has 14 heavy (non-hydrogen) atoms. The topological polar surface area (TPSA) is 6.48 Å². The van der Waals surface area contributed by atoms with Crippen molar-refractivity contribution in [3.8, 4) is 0 Å². The van der Waals surface area contributed by atoms with Gasteiger partial charge in [0.1, 0.15) is 0 Å². The molecule has 82 valence electrons. The molecule has 1 unspecified atom stereocenters. The summed E-state index contributed by atoms with van der Waals surface area (Å²) in [5.74, 6) is 0. The van der Waals surface area contributed by atoms with Crippen LogP contribution in [-0.2, 0) is 0 Å². The maximum atomic E-state index is 2.68. The van der Waals surface area contributed by atoms with Gasteiger partial charge in [-0.2, -0.15) is 0 Å². The van der Waals surface area contributed by atoms with Crippen LogP contribution in [0.5, 0.6) is 0 Å². The van der Waals surface area contributed by atoms with Crippen LogP contribution in [0.25, 0.3) is 0 Å². The Balaban J connectivity index is 1.91. The second-order valence-corrected chi connectivity index (χ2v) is 4.74. The van der Waals surface area contributed by atoms with Crippen LogP contribution in [0, 0.1) is 0 Å². The van der Waals surface area contributed by atoms with Crippen molar-refractivity contribution in [1.82, 2.24) is 10.0 Å². The quantitative estimate of drug-likeness (QED) is 0.670. The maximum absolute atomic E-state index is 2.68. The van der Waals surface area contributed by atoms with E-state index in [9.17, 15) is 0 Å². The zero-order valence-corrected chi connectivity index (χ0v) is 9.54. The average Bonchev–Trinajstić information content (AvgIpc) is 2.30. The van der Waals surface area contributed by atoms with Gasteiger partial charge in [-0.3, -0.25) is 0 Å². The van der Waals surface area contributed by atoms with Gasteiger partial charge >= 0.3 is 0 Å². The Morgan fingerprint density at radius 1 is 0.929 bits per heavy atom. The number of hydrogen-bond donors (Lipinski definition) is 0. The van der Waals surface area contributed by atoms with Crippen molar-refractivity contribution in [1.29, 1.82) is 0 Å². The molecular formula is C12H24N2. The first-order chi connectivity index (χ1) is 6.92. The van der Waals surface area contributed by atoms with Gasteiger partial charge in [0.2, 0.25) is 0 Å². The lowest BCUT2D eigenvalue weighted by Gasteiger charge is -2.44. The maximum Gasteiger partial charge on any atom is 0.0243 e. The Hall–Kier alpha value is -0.0800. The standard InChI is InChI=1S/C12H24N2/c1-2-12-8-4-7-11-14(12)13-9-5-3-6-10-13/h12H,2-11H2,1H3. The summed E-state index contributed by atoms with van der Waals surface area (Å²) in [7, 11) is 0. The molecule has 2 saturated heterocycles. The first-order valence-electron chi connectivity index (χ1n) is 6.43. The monoisotopic (exact) mass is 196 g/mol. The Morgan fingerprint density at radius 3 is 2.36 bits per heavy atom. The number of hydrazine groups is 1. The Bertz CT molecular complexity index is 164. The second kappa shape index (κ2) is 5.13. The highest BCUT2D eigenvalue weighted by Crippen LogP contribution is 2.23. The number of nitrogens with zero attached hydrogens (tertiary/aromatic N) is 2. The van der Waals surface area contributed by atoms with Crippen LogP contribution < -0.4 is 0 Å². The molecule has 2 aliphatic heterocycles. The fraction of sp³-hybridized carbons (Fsp3) is 1.00. The second-order valence-electron chi connectivity index (χ2n) is 4.74. The van der Waals surface area contributed by atoms with E-state index in [4.69, 9.17) is 0 Å². The van der Waals surface area contributed by atoms with E-state index >= 15 is 0 Å². The molecule has 0 amide bonds. The zero-order valence-electron chi connectivity index (χ0n) is 9.54. The molecule has 2 heteroatoms. The predicted octanol–water partition coefficient (Wildman–Crippen LogP) is 2.65. The van der Waals surface area contributed by atoms with Crippen LogP contribution in [-0.4, -0.2) is 35.7 Å².